The van der Waals surface area contributed by atoms with Crippen LogP contribution < -0.4 is 9.47 Å². The lowest BCUT2D eigenvalue weighted by Crippen LogP contribution is -2.32. The average Bonchev–Trinajstić information content (AvgIpc) is 3.30. The zero-order valence-corrected chi connectivity index (χ0v) is 27.2. The van der Waals surface area contributed by atoms with E-state index in [1.54, 1.807) is 6.92 Å². The molecular weight excluding hydrogens is 713 g/mol. The highest BCUT2D eigenvalue weighted by Gasteiger charge is 2.44. The summed E-state index contributed by atoms with van der Waals surface area (Å²) in [7, 11) is 1.27. The molecule has 0 aromatic heterocycles. The SMILES string of the molecule is CCOC(=O)CCCOc1cc(-c2ccc(C(F)(F)F)cc2CN2C(=O)O[C@H](c3cc(C(F)(F)F)cc(C(F)(F)F)c3)[C@@H]2C)c(OC)cc1Cl. The maximum Gasteiger partial charge on any atom is 0.416 e. The fourth-order valence-electron chi connectivity index (χ4n) is 5.31. The van der Waals surface area contributed by atoms with Crippen LogP contribution in [0.5, 0.6) is 11.5 Å². The summed E-state index contributed by atoms with van der Waals surface area (Å²) < 4.78 is 144. The van der Waals surface area contributed by atoms with Crippen molar-refractivity contribution >= 4 is 23.7 Å². The number of hydrogen-bond donors (Lipinski definition) is 0. The van der Waals surface area contributed by atoms with Crippen molar-refractivity contribution < 1.29 is 68.1 Å². The van der Waals surface area contributed by atoms with Gasteiger partial charge in [-0.2, -0.15) is 39.5 Å². The van der Waals surface area contributed by atoms with Crippen molar-refractivity contribution in [3.63, 3.8) is 0 Å². The third-order valence-corrected chi connectivity index (χ3v) is 8.03. The van der Waals surface area contributed by atoms with Crippen molar-refractivity contribution in [2.45, 2.75) is 63.9 Å². The van der Waals surface area contributed by atoms with Gasteiger partial charge in [-0.1, -0.05) is 17.7 Å². The first-order valence-electron chi connectivity index (χ1n) is 14.9. The fraction of sp³-hybridized carbons (Fsp3) is 0.394. The second-order valence-corrected chi connectivity index (χ2v) is 11.5. The normalized spacial score (nSPS) is 16.7. The van der Waals surface area contributed by atoms with E-state index in [9.17, 15) is 49.1 Å². The predicted molar refractivity (Wildman–Crippen MR) is 160 cm³/mol. The van der Waals surface area contributed by atoms with Crippen LogP contribution in [0.15, 0.2) is 48.5 Å². The van der Waals surface area contributed by atoms with E-state index < -0.39 is 71.5 Å². The number of carbonyl (C=O) groups excluding carboxylic acids is 2. The third kappa shape index (κ3) is 8.87. The van der Waals surface area contributed by atoms with Crippen molar-refractivity contribution in [3.05, 3.63) is 81.4 Å². The number of carbonyl (C=O) groups is 2. The summed E-state index contributed by atoms with van der Waals surface area (Å²) >= 11 is 6.36. The molecule has 0 saturated carbocycles. The minimum atomic E-state index is -5.17. The number of ether oxygens (including phenoxy) is 4. The van der Waals surface area contributed by atoms with Crippen LogP contribution in [0.1, 0.15) is 60.6 Å². The minimum absolute atomic E-state index is 0.00822. The Labute approximate surface area is 284 Å². The van der Waals surface area contributed by atoms with Gasteiger partial charge in [0.2, 0.25) is 0 Å². The highest BCUT2D eigenvalue weighted by molar-refractivity contribution is 6.32. The van der Waals surface area contributed by atoms with Crippen molar-refractivity contribution in [1.29, 1.82) is 0 Å². The van der Waals surface area contributed by atoms with Gasteiger partial charge in [0, 0.05) is 18.1 Å². The van der Waals surface area contributed by atoms with Crippen LogP contribution in [0.25, 0.3) is 11.1 Å². The monoisotopic (exact) mass is 741 g/mol. The largest absolute Gasteiger partial charge is 0.496 e. The molecule has 2 atom stereocenters. The number of rotatable bonds is 11. The Morgan fingerprint density at radius 2 is 1.48 bits per heavy atom. The van der Waals surface area contributed by atoms with E-state index in [2.05, 4.69) is 0 Å². The molecule has 50 heavy (non-hydrogen) atoms. The lowest BCUT2D eigenvalue weighted by Gasteiger charge is -2.24. The summed E-state index contributed by atoms with van der Waals surface area (Å²) in [5, 5.41) is 0.0640. The maximum absolute atomic E-state index is 13.9. The zero-order chi connectivity index (χ0) is 37.2. The molecule has 1 heterocycles. The van der Waals surface area contributed by atoms with Crippen molar-refractivity contribution in [2.24, 2.45) is 0 Å². The number of methoxy groups -OCH3 is 1. The first kappa shape index (κ1) is 38.5. The van der Waals surface area contributed by atoms with Crippen molar-refractivity contribution in [3.8, 4) is 22.6 Å². The summed E-state index contributed by atoms with van der Waals surface area (Å²) in [5.74, 6) is -0.276. The third-order valence-electron chi connectivity index (χ3n) is 7.74. The number of cyclic esters (lactones) is 1. The van der Waals surface area contributed by atoms with E-state index in [1.165, 1.54) is 26.2 Å². The Bertz CT molecular complexity index is 1690. The van der Waals surface area contributed by atoms with Gasteiger partial charge in [0.05, 0.1) is 54.6 Å². The summed E-state index contributed by atoms with van der Waals surface area (Å²) in [5.41, 5.74) is -4.82. The molecule has 272 valence electrons. The average molecular weight is 742 g/mol. The van der Waals surface area contributed by atoms with E-state index in [-0.39, 0.29) is 65.3 Å². The molecular formula is C33H29ClF9NO6. The van der Waals surface area contributed by atoms with Crippen molar-refractivity contribution in [2.75, 3.05) is 20.3 Å². The van der Waals surface area contributed by atoms with Gasteiger partial charge in [-0.3, -0.25) is 9.69 Å². The molecule has 0 spiro atoms. The number of alkyl halides is 9. The van der Waals surface area contributed by atoms with Gasteiger partial charge in [0.1, 0.15) is 17.6 Å². The number of hydrogen-bond acceptors (Lipinski definition) is 6. The number of amides is 1. The molecule has 0 bridgehead atoms. The van der Waals surface area contributed by atoms with Crippen LogP contribution in [0.2, 0.25) is 5.02 Å². The Morgan fingerprint density at radius 3 is 2.04 bits per heavy atom. The molecule has 0 aliphatic carbocycles. The van der Waals surface area contributed by atoms with Gasteiger partial charge >= 0.3 is 30.6 Å². The lowest BCUT2D eigenvalue weighted by molar-refractivity contribution is -0.144. The highest BCUT2D eigenvalue weighted by atomic mass is 35.5. The number of halogens is 10. The van der Waals surface area contributed by atoms with Gasteiger partial charge in [0.25, 0.3) is 0 Å². The molecule has 0 radical (unpaired) electrons. The molecule has 1 aliphatic rings. The fourth-order valence-corrected chi connectivity index (χ4v) is 5.52. The standard InChI is InChI=1S/C33H29ClF9NO6/c1-4-48-28(45)6-5-9-49-27-14-24(26(47-3)15-25(27)34)23-8-7-20(31(35,36)37)12-19(23)16-44-17(2)29(50-30(44)46)18-10-21(32(38,39)40)13-22(11-18)33(41,42)43/h7-8,10-15,17,29H,4-6,9,16H2,1-3H3/t17-,29-/m0/s1. The lowest BCUT2D eigenvalue weighted by atomic mass is 9.94. The van der Waals surface area contributed by atoms with E-state index >= 15 is 0 Å². The van der Waals surface area contributed by atoms with Gasteiger partial charge in [0.15, 0.2) is 0 Å². The summed E-state index contributed by atoms with van der Waals surface area (Å²) in [6.07, 6.45) is -17.7. The molecule has 0 N–H and O–H groups in total. The molecule has 1 fully saturated rings. The van der Waals surface area contributed by atoms with Gasteiger partial charge < -0.3 is 18.9 Å². The Morgan fingerprint density at radius 1 is 0.860 bits per heavy atom. The molecule has 1 amide bonds. The molecule has 1 aliphatic heterocycles. The molecule has 3 aromatic rings. The second-order valence-electron chi connectivity index (χ2n) is 11.1. The topological polar surface area (TPSA) is 74.3 Å². The van der Waals surface area contributed by atoms with Crippen LogP contribution in [-0.2, 0) is 39.3 Å². The van der Waals surface area contributed by atoms with E-state index in [0.29, 0.717) is 12.1 Å². The zero-order valence-electron chi connectivity index (χ0n) is 26.5. The van der Waals surface area contributed by atoms with Gasteiger partial charge in [-0.25, -0.2) is 4.79 Å². The molecule has 0 unspecified atom stereocenters. The Hall–Kier alpha value is -4.34. The van der Waals surface area contributed by atoms with E-state index in [0.717, 1.165) is 23.1 Å². The second kappa shape index (κ2) is 14.9. The molecule has 7 nitrogen and oxygen atoms in total. The molecule has 3 aromatic carbocycles. The Kier molecular flexibility index (Phi) is 11.4. The van der Waals surface area contributed by atoms with Gasteiger partial charge in [-0.05, 0) is 73.4 Å². The van der Waals surface area contributed by atoms with Crippen LogP contribution in [-0.4, -0.2) is 43.3 Å². The molecule has 1 saturated heterocycles. The number of nitrogens with zero attached hydrogens (tertiary/aromatic N) is 1. The predicted octanol–water partition coefficient (Wildman–Crippen LogP) is 9.88. The first-order chi connectivity index (χ1) is 23.2. The van der Waals surface area contributed by atoms with E-state index in [4.69, 9.17) is 30.5 Å². The Balaban J connectivity index is 1.73. The molecule has 4 rings (SSSR count). The maximum atomic E-state index is 13.9. The van der Waals surface area contributed by atoms with Gasteiger partial charge in [-0.15, -0.1) is 0 Å². The smallest absolute Gasteiger partial charge is 0.416 e. The van der Waals surface area contributed by atoms with Crippen LogP contribution >= 0.6 is 11.6 Å². The summed E-state index contributed by atoms with van der Waals surface area (Å²) in [4.78, 5) is 25.6. The summed E-state index contributed by atoms with van der Waals surface area (Å²) in [6, 6.07) is 4.91. The number of benzene rings is 3. The quantitative estimate of drug-likeness (QED) is 0.111. The van der Waals surface area contributed by atoms with E-state index in [1.807, 2.05) is 0 Å². The van der Waals surface area contributed by atoms with Crippen molar-refractivity contribution in [1.82, 2.24) is 4.90 Å². The van der Waals surface area contributed by atoms with Crippen LogP contribution in [0.3, 0.4) is 0 Å². The summed E-state index contributed by atoms with van der Waals surface area (Å²) in [6.45, 7) is 2.53. The minimum Gasteiger partial charge on any atom is -0.496 e. The highest BCUT2D eigenvalue weighted by Crippen LogP contribution is 2.44. The first-order valence-corrected chi connectivity index (χ1v) is 15.3. The van der Waals surface area contributed by atoms with Crippen LogP contribution in [0, 0.1) is 0 Å². The number of esters is 1. The molecule has 17 heteroatoms. The van der Waals surface area contributed by atoms with Crippen LogP contribution in [0.4, 0.5) is 44.3 Å².